The summed E-state index contributed by atoms with van der Waals surface area (Å²) in [6.45, 7) is 0.688. The lowest BCUT2D eigenvalue weighted by Gasteiger charge is -2.21. The van der Waals surface area contributed by atoms with Gasteiger partial charge in [0.15, 0.2) is 5.43 Å². The molecule has 17 heavy (non-hydrogen) atoms. The van der Waals surface area contributed by atoms with Crippen molar-refractivity contribution >= 4 is 5.91 Å². The van der Waals surface area contributed by atoms with E-state index in [-0.39, 0.29) is 16.9 Å². The third-order valence-electron chi connectivity index (χ3n) is 3.34. The van der Waals surface area contributed by atoms with Crippen molar-refractivity contribution < 1.29 is 4.79 Å². The molecule has 1 amide bonds. The number of H-pyrrole nitrogens is 1. The van der Waals surface area contributed by atoms with Crippen molar-refractivity contribution in [3.05, 3.63) is 34.2 Å². The van der Waals surface area contributed by atoms with Crippen LogP contribution in [0.2, 0.25) is 0 Å². The van der Waals surface area contributed by atoms with Gasteiger partial charge in [-0.15, -0.1) is 0 Å². The van der Waals surface area contributed by atoms with Crippen LogP contribution in [0.1, 0.15) is 42.5 Å². The van der Waals surface area contributed by atoms with Crippen molar-refractivity contribution in [2.75, 3.05) is 6.54 Å². The van der Waals surface area contributed by atoms with Gasteiger partial charge in [0.05, 0.1) is 0 Å². The Morgan fingerprint density at radius 3 is 2.82 bits per heavy atom. The predicted molar refractivity (Wildman–Crippen MR) is 66.0 cm³/mol. The van der Waals surface area contributed by atoms with Crippen LogP contribution in [0, 0.1) is 5.92 Å². The van der Waals surface area contributed by atoms with E-state index < -0.39 is 0 Å². The van der Waals surface area contributed by atoms with Crippen LogP contribution >= 0.6 is 0 Å². The average Bonchev–Trinajstić information content (AvgIpc) is 2.38. The molecule has 1 saturated carbocycles. The second-order valence-corrected chi connectivity index (χ2v) is 4.64. The minimum absolute atomic E-state index is 0.198. The molecular weight excluding hydrogens is 216 g/mol. The second-order valence-electron chi connectivity index (χ2n) is 4.64. The molecule has 1 fully saturated rings. The fourth-order valence-electron chi connectivity index (χ4n) is 2.32. The molecule has 0 atom stereocenters. The number of hydrogen-bond donors (Lipinski definition) is 2. The topological polar surface area (TPSA) is 62.0 Å². The van der Waals surface area contributed by atoms with Crippen molar-refractivity contribution in [1.29, 1.82) is 0 Å². The first-order valence-electron chi connectivity index (χ1n) is 6.22. The quantitative estimate of drug-likeness (QED) is 0.836. The molecule has 1 heterocycles. The van der Waals surface area contributed by atoms with E-state index in [4.69, 9.17) is 0 Å². The van der Waals surface area contributed by atoms with Crippen molar-refractivity contribution in [3.63, 3.8) is 0 Å². The molecule has 1 aromatic rings. The van der Waals surface area contributed by atoms with Crippen molar-refractivity contribution in [3.8, 4) is 0 Å². The Kier molecular flexibility index (Phi) is 3.96. The number of pyridine rings is 1. The molecule has 1 aliphatic carbocycles. The van der Waals surface area contributed by atoms with Crippen LogP contribution in [-0.4, -0.2) is 17.4 Å². The largest absolute Gasteiger partial charge is 0.367 e. The zero-order valence-corrected chi connectivity index (χ0v) is 9.87. The first-order chi connectivity index (χ1) is 8.27. The maximum absolute atomic E-state index is 11.8. The van der Waals surface area contributed by atoms with E-state index in [1.807, 2.05) is 0 Å². The summed E-state index contributed by atoms with van der Waals surface area (Å²) in [4.78, 5) is 26.0. The zero-order valence-electron chi connectivity index (χ0n) is 9.87. The van der Waals surface area contributed by atoms with Gasteiger partial charge in [-0.1, -0.05) is 19.3 Å². The summed E-state index contributed by atoms with van der Waals surface area (Å²) < 4.78 is 0. The molecule has 4 heteroatoms. The molecule has 0 radical (unpaired) electrons. The Labute approximate surface area is 100 Å². The lowest BCUT2D eigenvalue weighted by Crippen LogP contribution is -2.33. The van der Waals surface area contributed by atoms with Crippen molar-refractivity contribution in [2.24, 2.45) is 5.92 Å². The van der Waals surface area contributed by atoms with Gasteiger partial charge in [0.1, 0.15) is 5.56 Å². The summed E-state index contributed by atoms with van der Waals surface area (Å²) in [5, 5.41) is 2.85. The number of amides is 1. The van der Waals surface area contributed by atoms with Gasteiger partial charge >= 0.3 is 0 Å². The molecule has 4 nitrogen and oxygen atoms in total. The van der Waals surface area contributed by atoms with Gasteiger partial charge in [-0.3, -0.25) is 9.59 Å². The highest BCUT2D eigenvalue weighted by Gasteiger charge is 2.15. The van der Waals surface area contributed by atoms with E-state index in [1.165, 1.54) is 50.6 Å². The van der Waals surface area contributed by atoms with Gasteiger partial charge in [0.25, 0.3) is 5.91 Å². The van der Waals surface area contributed by atoms with Crippen LogP contribution in [-0.2, 0) is 0 Å². The smallest absolute Gasteiger partial charge is 0.256 e. The van der Waals surface area contributed by atoms with Crippen molar-refractivity contribution in [1.82, 2.24) is 10.3 Å². The Balaban J connectivity index is 1.89. The molecule has 0 aliphatic heterocycles. The average molecular weight is 234 g/mol. The molecule has 0 aromatic carbocycles. The number of carbonyl (C=O) groups excluding carboxylic acids is 1. The third-order valence-corrected chi connectivity index (χ3v) is 3.34. The molecule has 1 aliphatic rings. The molecule has 1 aromatic heterocycles. The standard InChI is InChI=1S/C13H18N2O2/c16-12-6-7-14-9-11(12)13(17)15-8-10-4-2-1-3-5-10/h6-7,9-10H,1-5,8H2,(H,14,16)(H,15,17). The van der Waals surface area contributed by atoms with Crippen LogP contribution in [0.5, 0.6) is 0 Å². The van der Waals surface area contributed by atoms with Crippen LogP contribution in [0.4, 0.5) is 0 Å². The predicted octanol–water partition coefficient (Wildman–Crippen LogP) is 1.68. The maximum atomic E-state index is 11.8. The maximum Gasteiger partial charge on any atom is 0.256 e. The highest BCUT2D eigenvalue weighted by atomic mass is 16.2. The Morgan fingerprint density at radius 1 is 1.35 bits per heavy atom. The highest BCUT2D eigenvalue weighted by molar-refractivity contribution is 5.93. The van der Waals surface area contributed by atoms with E-state index in [9.17, 15) is 9.59 Å². The number of nitrogens with one attached hydrogen (secondary N) is 2. The van der Waals surface area contributed by atoms with Crippen LogP contribution in [0.3, 0.4) is 0 Å². The molecule has 0 saturated heterocycles. The molecule has 0 unspecified atom stereocenters. The molecule has 0 bridgehead atoms. The minimum atomic E-state index is -0.266. The SMILES string of the molecule is O=C(NCC1CCCCC1)c1c[nH]ccc1=O. The van der Waals surface area contributed by atoms with Gasteiger partial charge in [-0.2, -0.15) is 0 Å². The van der Waals surface area contributed by atoms with Gasteiger partial charge in [0, 0.05) is 25.0 Å². The number of aromatic nitrogens is 1. The fraction of sp³-hybridized carbons (Fsp3) is 0.538. The minimum Gasteiger partial charge on any atom is -0.367 e. The van der Waals surface area contributed by atoms with E-state index in [0.717, 1.165) is 0 Å². The lowest BCUT2D eigenvalue weighted by atomic mass is 9.89. The Morgan fingerprint density at radius 2 is 2.12 bits per heavy atom. The van der Waals surface area contributed by atoms with Gasteiger partial charge < -0.3 is 10.3 Å². The van der Waals surface area contributed by atoms with Gasteiger partial charge in [0.2, 0.25) is 0 Å². The second kappa shape index (κ2) is 5.66. The highest BCUT2D eigenvalue weighted by Crippen LogP contribution is 2.22. The normalized spacial score (nSPS) is 16.7. The monoisotopic (exact) mass is 234 g/mol. The molecular formula is C13H18N2O2. The summed E-state index contributed by atoms with van der Waals surface area (Å²) in [7, 11) is 0. The summed E-state index contributed by atoms with van der Waals surface area (Å²) in [5.41, 5.74) is -0.0341. The number of aromatic amines is 1. The molecule has 0 spiro atoms. The van der Waals surface area contributed by atoms with Crippen LogP contribution < -0.4 is 10.7 Å². The van der Waals surface area contributed by atoms with E-state index in [1.54, 1.807) is 0 Å². The fourth-order valence-corrected chi connectivity index (χ4v) is 2.32. The summed E-state index contributed by atoms with van der Waals surface area (Å²) in [6.07, 6.45) is 9.18. The lowest BCUT2D eigenvalue weighted by molar-refractivity contribution is 0.0942. The van der Waals surface area contributed by atoms with Crippen LogP contribution in [0.25, 0.3) is 0 Å². The zero-order chi connectivity index (χ0) is 12.1. The number of hydrogen-bond acceptors (Lipinski definition) is 2. The summed E-state index contributed by atoms with van der Waals surface area (Å²) in [6, 6.07) is 1.37. The third kappa shape index (κ3) is 3.19. The summed E-state index contributed by atoms with van der Waals surface area (Å²) in [5.74, 6) is 0.313. The van der Waals surface area contributed by atoms with Gasteiger partial charge in [-0.05, 0) is 18.8 Å². The molecule has 2 N–H and O–H groups in total. The van der Waals surface area contributed by atoms with Gasteiger partial charge in [-0.25, -0.2) is 0 Å². The molecule has 2 rings (SSSR count). The first-order valence-corrected chi connectivity index (χ1v) is 6.22. The molecule has 92 valence electrons. The number of carbonyl (C=O) groups is 1. The summed E-state index contributed by atoms with van der Waals surface area (Å²) >= 11 is 0. The Bertz CT molecular complexity index is 433. The Hall–Kier alpha value is -1.58. The van der Waals surface area contributed by atoms with Crippen molar-refractivity contribution in [2.45, 2.75) is 32.1 Å². The van der Waals surface area contributed by atoms with E-state index in [2.05, 4.69) is 10.3 Å². The van der Waals surface area contributed by atoms with E-state index >= 15 is 0 Å². The first kappa shape index (κ1) is 11.9. The number of rotatable bonds is 3. The van der Waals surface area contributed by atoms with E-state index in [0.29, 0.717) is 12.5 Å². The van der Waals surface area contributed by atoms with Crippen LogP contribution in [0.15, 0.2) is 23.3 Å².